The maximum atomic E-state index is 12.6. The van der Waals surface area contributed by atoms with Gasteiger partial charge in [-0.1, -0.05) is 41.4 Å². The lowest BCUT2D eigenvalue weighted by Gasteiger charge is -2.18. The minimum absolute atomic E-state index is 0.0659. The molecule has 0 aliphatic heterocycles. The molecule has 0 aliphatic rings. The molecule has 0 saturated carbocycles. The maximum absolute atomic E-state index is 12.6. The molecule has 31 heavy (non-hydrogen) atoms. The van der Waals surface area contributed by atoms with Crippen LogP contribution in [0.1, 0.15) is 35.3 Å². The molecule has 0 fully saturated rings. The zero-order valence-electron chi connectivity index (χ0n) is 17.1. The topological polar surface area (TPSA) is 102 Å². The first-order valence-electron chi connectivity index (χ1n) is 9.62. The molecular weight excluding hydrogens is 464 g/mol. The maximum Gasteiger partial charge on any atom is 0.335 e. The first-order chi connectivity index (χ1) is 14.7. The summed E-state index contributed by atoms with van der Waals surface area (Å²) in [5.74, 6) is -1.78. The highest BCUT2D eigenvalue weighted by molar-refractivity contribution is 7.53. The van der Waals surface area contributed by atoms with Crippen LogP contribution in [0.2, 0.25) is 10.0 Å². The van der Waals surface area contributed by atoms with Crippen LogP contribution < -0.4 is 5.32 Å². The molecule has 0 unspecified atom stereocenters. The van der Waals surface area contributed by atoms with Gasteiger partial charge < -0.3 is 19.5 Å². The Labute approximate surface area is 191 Å². The van der Waals surface area contributed by atoms with Gasteiger partial charge in [0.25, 0.3) is 5.91 Å². The van der Waals surface area contributed by atoms with Crippen LogP contribution in [-0.2, 0) is 31.0 Å². The number of nitrogens with one attached hydrogen (secondary N) is 1. The smallest absolute Gasteiger partial charge is 0.335 e. The second-order valence-electron chi connectivity index (χ2n) is 6.57. The van der Waals surface area contributed by atoms with Gasteiger partial charge in [0.15, 0.2) is 0 Å². The molecule has 0 bridgehead atoms. The van der Waals surface area contributed by atoms with Crippen molar-refractivity contribution >= 4 is 42.7 Å². The lowest BCUT2D eigenvalue weighted by molar-refractivity contribution is -0.139. The normalized spacial score (nSPS) is 12.4. The Morgan fingerprint density at radius 3 is 2.06 bits per heavy atom. The zero-order chi connectivity index (χ0) is 23.0. The van der Waals surface area contributed by atoms with Crippen molar-refractivity contribution in [2.75, 3.05) is 13.2 Å². The highest BCUT2D eigenvalue weighted by Crippen LogP contribution is 2.51. The fraction of sp³-hybridized carbons (Fsp3) is 0.333. The van der Waals surface area contributed by atoms with Gasteiger partial charge >= 0.3 is 13.6 Å². The first kappa shape index (κ1) is 25.4. The molecular formula is C21H24Cl2NO6P. The molecule has 2 aromatic carbocycles. The van der Waals surface area contributed by atoms with Crippen LogP contribution in [0.4, 0.5) is 0 Å². The molecule has 0 aromatic heterocycles. The Bertz CT molecular complexity index is 937. The van der Waals surface area contributed by atoms with Crippen molar-refractivity contribution in [1.82, 2.24) is 5.32 Å². The summed E-state index contributed by atoms with van der Waals surface area (Å²) in [6, 6.07) is 9.93. The van der Waals surface area contributed by atoms with E-state index in [-0.39, 0.29) is 31.4 Å². The first-order valence-corrected chi connectivity index (χ1v) is 12.1. The van der Waals surface area contributed by atoms with Crippen LogP contribution in [-0.4, -0.2) is 36.2 Å². The van der Waals surface area contributed by atoms with Crippen LogP contribution in [0.5, 0.6) is 0 Å². The molecule has 0 aliphatic carbocycles. The second-order valence-corrected chi connectivity index (χ2v) is 9.44. The average molecular weight is 488 g/mol. The Balaban J connectivity index is 2.11. The highest BCUT2D eigenvalue weighted by Gasteiger charge is 2.25. The van der Waals surface area contributed by atoms with Crippen molar-refractivity contribution in [2.45, 2.75) is 32.5 Å². The van der Waals surface area contributed by atoms with Crippen LogP contribution in [0.3, 0.4) is 0 Å². The van der Waals surface area contributed by atoms with Gasteiger partial charge in [0.2, 0.25) is 0 Å². The van der Waals surface area contributed by atoms with E-state index in [1.165, 1.54) is 12.1 Å². The lowest BCUT2D eigenvalue weighted by atomic mass is 10.0. The van der Waals surface area contributed by atoms with Crippen molar-refractivity contribution in [3.8, 4) is 0 Å². The molecule has 2 N–H and O–H groups in total. The van der Waals surface area contributed by atoms with Gasteiger partial charge in [0, 0.05) is 22.0 Å². The number of carbonyl (C=O) groups is 2. The van der Waals surface area contributed by atoms with Gasteiger partial charge in [-0.15, -0.1) is 0 Å². The molecule has 168 valence electrons. The summed E-state index contributed by atoms with van der Waals surface area (Å²) in [5, 5.41) is 12.7. The molecule has 1 amide bonds. The van der Waals surface area contributed by atoms with Crippen molar-refractivity contribution < 1.29 is 28.3 Å². The Kier molecular flexibility index (Phi) is 9.54. The van der Waals surface area contributed by atoms with Crippen LogP contribution >= 0.6 is 30.8 Å². The number of carbonyl (C=O) groups excluding carboxylic acids is 1. The van der Waals surface area contributed by atoms with Gasteiger partial charge in [-0.3, -0.25) is 9.36 Å². The monoisotopic (exact) mass is 487 g/mol. The zero-order valence-corrected chi connectivity index (χ0v) is 19.5. The summed E-state index contributed by atoms with van der Waals surface area (Å²) in [7, 11) is -3.27. The minimum atomic E-state index is -3.27. The number of hydrogen-bond donors (Lipinski definition) is 2. The fourth-order valence-electron chi connectivity index (χ4n) is 2.88. The van der Waals surface area contributed by atoms with E-state index in [2.05, 4.69) is 5.32 Å². The lowest BCUT2D eigenvalue weighted by Crippen LogP contribution is -2.42. The van der Waals surface area contributed by atoms with Crippen molar-refractivity contribution in [3.05, 3.63) is 69.2 Å². The van der Waals surface area contributed by atoms with Crippen molar-refractivity contribution in [2.24, 2.45) is 0 Å². The Morgan fingerprint density at radius 1 is 1.03 bits per heavy atom. The van der Waals surface area contributed by atoms with E-state index in [0.29, 0.717) is 21.2 Å². The summed E-state index contributed by atoms with van der Waals surface area (Å²) in [4.78, 5) is 24.2. The van der Waals surface area contributed by atoms with Gasteiger partial charge in [-0.05, 0) is 49.2 Å². The van der Waals surface area contributed by atoms with Crippen molar-refractivity contribution in [3.63, 3.8) is 0 Å². The van der Waals surface area contributed by atoms with E-state index in [1.54, 1.807) is 44.2 Å². The van der Waals surface area contributed by atoms with E-state index < -0.39 is 25.5 Å². The molecule has 0 spiro atoms. The number of benzene rings is 2. The van der Waals surface area contributed by atoms with Crippen LogP contribution in [0.15, 0.2) is 42.5 Å². The van der Waals surface area contributed by atoms with Gasteiger partial charge in [-0.25, -0.2) is 4.79 Å². The molecule has 2 aromatic rings. The molecule has 2 rings (SSSR count). The largest absolute Gasteiger partial charge is 0.480 e. The molecule has 7 nitrogen and oxygen atoms in total. The Hall–Kier alpha value is -1.89. The molecule has 0 saturated heterocycles. The number of aliphatic carboxylic acids is 1. The van der Waals surface area contributed by atoms with E-state index in [4.69, 9.17) is 32.2 Å². The van der Waals surface area contributed by atoms with Crippen LogP contribution in [0.25, 0.3) is 0 Å². The number of amides is 1. The standard InChI is InChI=1S/C21H24Cl2NO6P/c1-3-29-31(28,30-4-2)13-14-8-10-15(11-9-14)20(25)24-19(21(26)27)12-16-17(22)6-5-7-18(16)23/h5-11,19H,3-4,12-13H2,1-2H3,(H,24,25)(H,26,27)/t19-/m1/s1. The summed E-state index contributed by atoms with van der Waals surface area (Å²) < 4.78 is 23.2. The van der Waals surface area contributed by atoms with E-state index in [1.807, 2.05) is 0 Å². The quantitative estimate of drug-likeness (QED) is 0.423. The van der Waals surface area contributed by atoms with Gasteiger partial charge in [-0.2, -0.15) is 0 Å². The van der Waals surface area contributed by atoms with Gasteiger partial charge in [0.1, 0.15) is 6.04 Å². The SMILES string of the molecule is CCOP(=O)(Cc1ccc(C(=O)N[C@H](Cc2c(Cl)cccc2Cl)C(=O)O)cc1)OCC. The average Bonchev–Trinajstić information content (AvgIpc) is 2.70. The molecule has 10 heteroatoms. The molecule has 0 heterocycles. The van der Waals surface area contributed by atoms with Crippen molar-refractivity contribution in [1.29, 1.82) is 0 Å². The highest BCUT2D eigenvalue weighted by atomic mass is 35.5. The third kappa shape index (κ3) is 7.34. The minimum Gasteiger partial charge on any atom is -0.480 e. The molecule has 1 atom stereocenters. The molecule has 0 radical (unpaired) electrons. The second kappa shape index (κ2) is 11.7. The van der Waals surface area contributed by atoms with E-state index in [9.17, 15) is 19.3 Å². The van der Waals surface area contributed by atoms with E-state index in [0.717, 1.165) is 0 Å². The number of rotatable bonds is 11. The number of carboxylic acid groups (broad SMARTS) is 1. The predicted octanol–water partition coefficient (Wildman–Crippen LogP) is 5.19. The summed E-state index contributed by atoms with van der Waals surface area (Å²) in [5.41, 5.74) is 1.36. The van der Waals surface area contributed by atoms with E-state index >= 15 is 0 Å². The number of halogens is 2. The van der Waals surface area contributed by atoms with Crippen LogP contribution in [0, 0.1) is 0 Å². The predicted molar refractivity (Wildman–Crippen MR) is 120 cm³/mol. The summed E-state index contributed by atoms with van der Waals surface area (Å²) in [6.07, 6.45) is 0.00287. The number of carboxylic acids is 1. The third-order valence-electron chi connectivity index (χ3n) is 4.32. The Morgan fingerprint density at radius 2 is 1.58 bits per heavy atom. The third-order valence-corrected chi connectivity index (χ3v) is 7.08. The fourth-order valence-corrected chi connectivity index (χ4v) is 5.13. The number of hydrogen-bond acceptors (Lipinski definition) is 5. The van der Waals surface area contributed by atoms with Gasteiger partial charge in [0.05, 0.1) is 19.4 Å². The summed E-state index contributed by atoms with van der Waals surface area (Å²) >= 11 is 12.2. The summed E-state index contributed by atoms with van der Waals surface area (Å²) in [6.45, 7) is 3.97.